The number of nitrogens with two attached hydrogens (primary N) is 2. The molecule has 0 aliphatic carbocycles. The van der Waals surface area contributed by atoms with Crippen molar-refractivity contribution in [1.82, 2.24) is 34.1 Å². The Morgan fingerprint density at radius 2 is 1.70 bits per heavy atom. The third kappa shape index (κ3) is 5.52. The van der Waals surface area contributed by atoms with Crippen LogP contribution in [0.2, 0.25) is 0 Å². The number of azide groups is 1. The van der Waals surface area contributed by atoms with Crippen LogP contribution in [0.1, 0.15) is 12.5 Å². The topological polar surface area (TPSA) is 268 Å². The Kier molecular flexibility index (Phi) is 7.98. The van der Waals surface area contributed by atoms with Crippen LogP contribution in [0.5, 0.6) is 0 Å². The van der Waals surface area contributed by atoms with E-state index in [2.05, 4.69) is 34.9 Å². The summed E-state index contributed by atoms with van der Waals surface area (Å²) >= 11 is 5.21. The van der Waals surface area contributed by atoms with E-state index in [1.165, 1.54) is 34.3 Å². The molecule has 240 valence electrons. The highest BCUT2D eigenvalue weighted by Crippen LogP contribution is 2.54. The van der Waals surface area contributed by atoms with Crippen LogP contribution < -0.4 is 11.5 Å². The van der Waals surface area contributed by atoms with Gasteiger partial charge in [0.2, 0.25) is 7.57 Å². The molecule has 3 aliphatic heterocycles. The van der Waals surface area contributed by atoms with E-state index in [4.69, 9.17) is 58.4 Å². The van der Waals surface area contributed by atoms with Crippen molar-refractivity contribution >= 4 is 67.4 Å². The number of halogens is 1. The highest BCUT2D eigenvalue weighted by molar-refractivity contribution is 8.07. The molecule has 3 aliphatic rings. The van der Waals surface area contributed by atoms with Crippen molar-refractivity contribution in [2.75, 3.05) is 24.7 Å². The maximum Gasteiger partial charge on any atom is 0.325 e. The lowest BCUT2D eigenvalue weighted by Crippen LogP contribution is -2.37. The van der Waals surface area contributed by atoms with Crippen molar-refractivity contribution in [2.24, 2.45) is 5.11 Å². The fraction of sp³-hybridized carbons (Fsp3) is 0.476. The maximum atomic E-state index is 16.0. The molecule has 10 atom stereocenters. The third-order valence-electron chi connectivity index (χ3n) is 7.53. The van der Waals surface area contributed by atoms with Crippen LogP contribution in [0.15, 0.2) is 36.4 Å². The van der Waals surface area contributed by atoms with Crippen molar-refractivity contribution < 1.29 is 41.4 Å². The first-order valence-corrected chi connectivity index (χ1v) is 17.5. The third-order valence-corrected chi connectivity index (χ3v) is 10.1. The number of alkyl halides is 1. The number of ether oxygens (including phenoxy) is 2. The van der Waals surface area contributed by atoms with Crippen LogP contribution in [0.3, 0.4) is 0 Å². The lowest BCUT2D eigenvalue weighted by molar-refractivity contribution is -0.0562. The standard InChI is InChI=1S/C21H22BFN12O8P2S/c22-44(36)38-3-9-15(11(23)20(40-9)34-7-31-14-17(25)28-5-29-19(14)34)43-45(37,46)39-4-10-16(42-44)13(32-33-26)21(41-10)35-6-30-12-8(24)1-2-27-18(12)35/h1-2,5-7,9-11,13,15-16,20-21H,3-4H2,(H2,24,27)(H,37,46)(H2,25,28,29)/t9-,10-,11?,13+,15+,16?,20-,21-,44?,45?/m1/s1. The minimum absolute atomic E-state index is 0.0550. The van der Waals surface area contributed by atoms with Crippen molar-refractivity contribution in [1.29, 1.82) is 0 Å². The number of fused-ring (bicyclic) bond motifs is 4. The molecule has 7 rings (SSSR count). The van der Waals surface area contributed by atoms with Gasteiger partial charge in [-0.1, -0.05) is 5.11 Å². The van der Waals surface area contributed by atoms with Gasteiger partial charge < -0.3 is 39.4 Å². The number of hydrogen-bond acceptors (Lipinski definition) is 16. The number of hydrogen-bond donors (Lipinski definition) is 3. The van der Waals surface area contributed by atoms with Gasteiger partial charge in [-0.3, -0.25) is 18.2 Å². The monoisotopic (exact) mass is 694 g/mol. The minimum atomic E-state index is -4.53. The van der Waals surface area contributed by atoms with Crippen LogP contribution >= 0.6 is 14.2 Å². The Morgan fingerprint density at radius 1 is 1.02 bits per heavy atom. The first kappa shape index (κ1) is 31.3. The van der Waals surface area contributed by atoms with Crippen molar-refractivity contribution in [3.63, 3.8) is 0 Å². The molecule has 3 saturated heterocycles. The molecule has 4 aromatic heterocycles. The number of aromatic nitrogens is 7. The molecular formula is C21H22BFN12O8P2S. The van der Waals surface area contributed by atoms with Crippen molar-refractivity contribution in [2.45, 2.75) is 49.1 Å². The molecule has 20 nitrogen and oxygen atoms in total. The van der Waals surface area contributed by atoms with Gasteiger partial charge in [-0.2, -0.15) is 0 Å². The zero-order valence-corrected chi connectivity index (χ0v) is 25.7. The summed E-state index contributed by atoms with van der Waals surface area (Å²) in [4.78, 5) is 34.5. The Labute approximate surface area is 263 Å². The van der Waals surface area contributed by atoms with E-state index in [0.29, 0.717) is 11.2 Å². The summed E-state index contributed by atoms with van der Waals surface area (Å²) < 4.78 is 66.5. The molecule has 0 aromatic carbocycles. The maximum absolute atomic E-state index is 16.0. The number of pyridine rings is 1. The van der Waals surface area contributed by atoms with E-state index in [1.807, 2.05) is 0 Å². The predicted molar refractivity (Wildman–Crippen MR) is 159 cm³/mol. The second-order valence-electron chi connectivity index (χ2n) is 10.3. The van der Waals surface area contributed by atoms with Crippen LogP contribution in [-0.4, -0.2) is 96.4 Å². The van der Waals surface area contributed by atoms with Gasteiger partial charge in [-0.05, 0) is 23.4 Å². The Morgan fingerprint density at radius 3 is 2.48 bits per heavy atom. The van der Waals surface area contributed by atoms with E-state index >= 15 is 4.39 Å². The van der Waals surface area contributed by atoms with Gasteiger partial charge in [0.15, 0.2) is 29.5 Å². The predicted octanol–water partition coefficient (Wildman–Crippen LogP) is 1.56. The smallest absolute Gasteiger partial charge is 0.325 e. The van der Waals surface area contributed by atoms with Gasteiger partial charge in [0.05, 0.1) is 31.6 Å². The lowest BCUT2D eigenvalue weighted by atomic mass is 10.1. The van der Waals surface area contributed by atoms with Gasteiger partial charge in [-0.15, -0.1) is 0 Å². The highest BCUT2D eigenvalue weighted by atomic mass is 32.5. The van der Waals surface area contributed by atoms with E-state index in [1.54, 1.807) is 6.07 Å². The van der Waals surface area contributed by atoms with E-state index in [0.717, 1.165) is 0 Å². The molecule has 0 amide bonds. The summed E-state index contributed by atoms with van der Waals surface area (Å²) in [5.41, 5.74) is 22.5. The highest BCUT2D eigenvalue weighted by Gasteiger charge is 2.53. The average Bonchev–Trinajstić information content (AvgIpc) is 3.77. The van der Waals surface area contributed by atoms with E-state index in [9.17, 15) is 15.0 Å². The summed E-state index contributed by atoms with van der Waals surface area (Å²) in [6.45, 7) is -5.46. The first-order valence-electron chi connectivity index (χ1n) is 13.3. The molecule has 0 saturated carbocycles. The second kappa shape index (κ2) is 11.7. The molecular weight excluding hydrogens is 672 g/mol. The van der Waals surface area contributed by atoms with Crippen LogP contribution in [0.4, 0.5) is 15.9 Å². The zero-order chi connectivity index (χ0) is 32.4. The fourth-order valence-corrected chi connectivity index (χ4v) is 7.95. The van der Waals surface area contributed by atoms with Crippen LogP contribution in [0, 0.1) is 0 Å². The average molecular weight is 694 g/mol. The van der Waals surface area contributed by atoms with Crippen molar-refractivity contribution in [3.8, 4) is 0 Å². The molecule has 4 unspecified atom stereocenters. The lowest BCUT2D eigenvalue weighted by Gasteiger charge is -2.30. The van der Waals surface area contributed by atoms with Crippen LogP contribution in [0.25, 0.3) is 32.8 Å². The molecule has 25 heteroatoms. The molecule has 0 spiro atoms. The Bertz CT molecular complexity index is 1970. The Hall–Kier alpha value is -3.33. The summed E-state index contributed by atoms with van der Waals surface area (Å²) in [5, 5.41) is 3.80. The molecule has 4 aromatic rings. The molecule has 0 bridgehead atoms. The van der Waals surface area contributed by atoms with Gasteiger partial charge in [0, 0.05) is 11.1 Å². The number of rotatable bonds is 3. The molecule has 3 fully saturated rings. The SMILES string of the molecule is [B]P1(=O)OC[C@H]2O[C@@H](n3cnc4c(N)ncnc43)C(F)[C@H]2OP(O)(=S)OC[C@H]2O[C@@H](n3cnc4c(N)ccnc43)[C@@H](N=[N+]=[N-])C2O1. The van der Waals surface area contributed by atoms with Gasteiger partial charge >= 0.3 is 6.72 Å². The van der Waals surface area contributed by atoms with E-state index < -0.39 is 76.5 Å². The van der Waals surface area contributed by atoms with Gasteiger partial charge in [0.1, 0.15) is 54.0 Å². The molecule has 46 heavy (non-hydrogen) atoms. The summed E-state index contributed by atoms with van der Waals surface area (Å²) in [7, 11) is 1.44. The number of imidazole rings is 2. The number of anilines is 2. The van der Waals surface area contributed by atoms with Crippen molar-refractivity contribution in [3.05, 3.63) is 41.7 Å². The second-order valence-corrected chi connectivity index (χ2v) is 14.7. The van der Waals surface area contributed by atoms with Gasteiger partial charge in [0.25, 0.3) is 7.47 Å². The number of nitrogens with zero attached hydrogens (tertiary/aromatic N) is 10. The number of nitrogen functional groups attached to an aromatic ring is 2. The zero-order valence-electron chi connectivity index (χ0n) is 23.1. The van der Waals surface area contributed by atoms with Crippen LogP contribution in [-0.2, 0) is 43.9 Å². The largest absolute Gasteiger partial charge is 0.397 e. The summed E-state index contributed by atoms with van der Waals surface area (Å²) in [6, 6.07) is 0.296. The minimum Gasteiger partial charge on any atom is -0.397 e. The summed E-state index contributed by atoms with van der Waals surface area (Å²) in [5.74, 6) is 0.0550. The molecule has 7 heterocycles. The first-order chi connectivity index (χ1) is 22.0. The van der Waals surface area contributed by atoms with Gasteiger partial charge in [-0.25, -0.2) is 29.3 Å². The fourth-order valence-electron chi connectivity index (χ4n) is 5.50. The normalized spacial score (nSPS) is 36.8. The molecule has 2 radical (unpaired) electrons. The molecule has 5 N–H and O–H groups in total. The quantitative estimate of drug-likeness (QED) is 0.0902. The Balaban J connectivity index is 1.20. The summed E-state index contributed by atoms with van der Waals surface area (Å²) in [6.07, 6.45) is -4.96. The van der Waals surface area contributed by atoms with E-state index in [-0.39, 0.29) is 22.6 Å².